The Bertz CT molecular complexity index is 1170. The predicted octanol–water partition coefficient (Wildman–Crippen LogP) is 5.02. The van der Waals surface area contributed by atoms with Crippen molar-refractivity contribution in [3.63, 3.8) is 0 Å². The Morgan fingerprint density at radius 3 is 2.38 bits per heavy atom. The molecule has 32 heavy (non-hydrogen) atoms. The molecule has 3 aromatic rings. The molecule has 0 radical (unpaired) electrons. The highest BCUT2D eigenvalue weighted by Gasteiger charge is 2.40. The third-order valence-corrected chi connectivity index (χ3v) is 5.68. The van der Waals surface area contributed by atoms with Crippen LogP contribution in [0.5, 0.6) is 0 Å². The van der Waals surface area contributed by atoms with E-state index in [4.69, 9.17) is 11.6 Å². The molecule has 0 spiro atoms. The van der Waals surface area contributed by atoms with Crippen LogP contribution in [0.4, 0.5) is 5.69 Å². The number of benzene rings is 3. The Balaban J connectivity index is 1.70. The molecular weight excluding hydrogens is 428 g/mol. The van der Waals surface area contributed by atoms with E-state index < -0.39 is 11.1 Å². The molecule has 3 aromatic carbocycles. The minimum absolute atomic E-state index is 0.00165. The van der Waals surface area contributed by atoms with Crippen molar-refractivity contribution >= 4 is 28.9 Å². The van der Waals surface area contributed by atoms with Crippen LogP contribution >= 0.6 is 11.6 Å². The molecule has 0 aliphatic carbocycles. The molecule has 0 saturated carbocycles. The summed E-state index contributed by atoms with van der Waals surface area (Å²) in [6.45, 7) is 2.53. The van der Waals surface area contributed by atoms with E-state index in [2.05, 4.69) is 5.10 Å². The van der Waals surface area contributed by atoms with Gasteiger partial charge in [-0.1, -0.05) is 60.1 Å². The number of nitrogens with zero attached hydrogens (tertiary/aromatic N) is 4. The number of hydrazone groups is 1. The fourth-order valence-electron chi connectivity index (χ4n) is 3.75. The van der Waals surface area contributed by atoms with Gasteiger partial charge >= 0.3 is 0 Å². The van der Waals surface area contributed by atoms with Crippen LogP contribution in [0.25, 0.3) is 0 Å². The number of rotatable bonds is 6. The number of hydrogen-bond donors (Lipinski definition) is 0. The Labute approximate surface area is 190 Å². The molecule has 162 valence electrons. The van der Waals surface area contributed by atoms with Gasteiger partial charge in [-0.05, 0) is 36.2 Å². The molecule has 1 fully saturated rings. The van der Waals surface area contributed by atoms with Crippen LogP contribution in [0.3, 0.4) is 0 Å². The second-order valence-corrected chi connectivity index (χ2v) is 7.92. The third kappa shape index (κ3) is 4.54. The van der Waals surface area contributed by atoms with E-state index in [9.17, 15) is 14.9 Å². The maximum absolute atomic E-state index is 13.0. The zero-order valence-corrected chi connectivity index (χ0v) is 18.1. The molecule has 0 bridgehead atoms. The number of hydrogen-bond acceptors (Lipinski definition) is 5. The average Bonchev–Trinajstić information content (AvgIpc) is 3.09. The van der Waals surface area contributed by atoms with E-state index in [0.717, 1.165) is 11.1 Å². The SMILES string of the molecule is C/C(=N/N1C(=O)CN(Cc2ccccc2)[C@H]1c1ccccc1Cl)c1ccc([N+](=O)[O-])cc1. The number of halogens is 1. The molecular formula is C24H21ClN4O3. The van der Waals surface area contributed by atoms with Crippen LogP contribution in [-0.2, 0) is 11.3 Å². The lowest BCUT2D eigenvalue weighted by Gasteiger charge is -2.28. The lowest BCUT2D eigenvalue weighted by molar-refractivity contribution is -0.384. The summed E-state index contributed by atoms with van der Waals surface area (Å²) in [5.41, 5.74) is 3.14. The minimum Gasteiger partial charge on any atom is -0.271 e. The van der Waals surface area contributed by atoms with Crippen molar-refractivity contribution in [1.82, 2.24) is 9.91 Å². The molecule has 0 N–H and O–H groups in total. The Morgan fingerprint density at radius 2 is 1.72 bits per heavy atom. The molecule has 0 aromatic heterocycles. The van der Waals surface area contributed by atoms with Crippen LogP contribution in [0.2, 0.25) is 5.02 Å². The monoisotopic (exact) mass is 448 g/mol. The molecule has 1 amide bonds. The topological polar surface area (TPSA) is 79.0 Å². The Hall–Kier alpha value is -3.55. The van der Waals surface area contributed by atoms with Gasteiger partial charge in [0, 0.05) is 29.3 Å². The van der Waals surface area contributed by atoms with Gasteiger partial charge < -0.3 is 0 Å². The first-order valence-electron chi connectivity index (χ1n) is 10.1. The molecule has 1 heterocycles. The molecule has 1 saturated heterocycles. The quantitative estimate of drug-likeness (QED) is 0.301. The maximum atomic E-state index is 13.0. The first kappa shape index (κ1) is 21.7. The van der Waals surface area contributed by atoms with E-state index in [-0.39, 0.29) is 18.1 Å². The lowest BCUT2D eigenvalue weighted by Crippen LogP contribution is -2.29. The first-order chi connectivity index (χ1) is 15.4. The van der Waals surface area contributed by atoms with Crippen molar-refractivity contribution < 1.29 is 9.72 Å². The van der Waals surface area contributed by atoms with Crippen molar-refractivity contribution in [2.75, 3.05) is 6.54 Å². The van der Waals surface area contributed by atoms with Gasteiger partial charge in [-0.2, -0.15) is 5.10 Å². The van der Waals surface area contributed by atoms with Gasteiger partial charge in [0.1, 0.15) is 6.17 Å². The third-order valence-electron chi connectivity index (χ3n) is 5.34. The first-order valence-corrected chi connectivity index (χ1v) is 10.5. The highest BCUT2D eigenvalue weighted by molar-refractivity contribution is 6.31. The molecule has 1 aliphatic heterocycles. The van der Waals surface area contributed by atoms with Crippen LogP contribution in [0, 0.1) is 10.1 Å². The maximum Gasteiger partial charge on any atom is 0.269 e. The fraction of sp³-hybridized carbons (Fsp3) is 0.167. The fourth-order valence-corrected chi connectivity index (χ4v) is 3.98. The highest BCUT2D eigenvalue weighted by atomic mass is 35.5. The summed E-state index contributed by atoms with van der Waals surface area (Å²) in [7, 11) is 0. The van der Waals surface area contributed by atoms with Crippen LogP contribution in [-0.4, -0.2) is 33.0 Å². The number of amides is 1. The largest absolute Gasteiger partial charge is 0.271 e. The number of carbonyl (C=O) groups excluding carboxylic acids is 1. The normalized spacial score (nSPS) is 17.1. The van der Waals surface area contributed by atoms with Crippen LogP contribution in [0.15, 0.2) is 84.0 Å². The van der Waals surface area contributed by atoms with E-state index >= 15 is 0 Å². The number of nitro benzene ring substituents is 1. The molecule has 1 atom stereocenters. The van der Waals surface area contributed by atoms with Gasteiger partial charge in [0.2, 0.25) is 0 Å². The van der Waals surface area contributed by atoms with Crippen molar-refractivity contribution in [1.29, 1.82) is 0 Å². The van der Waals surface area contributed by atoms with Crippen molar-refractivity contribution in [3.8, 4) is 0 Å². The van der Waals surface area contributed by atoms with Crippen molar-refractivity contribution in [2.45, 2.75) is 19.6 Å². The predicted molar refractivity (Wildman–Crippen MR) is 123 cm³/mol. The minimum atomic E-state index is -0.468. The zero-order chi connectivity index (χ0) is 22.7. The van der Waals surface area contributed by atoms with Gasteiger partial charge in [0.05, 0.1) is 17.2 Å². The second-order valence-electron chi connectivity index (χ2n) is 7.51. The number of non-ortho nitro benzene ring substituents is 1. The van der Waals surface area contributed by atoms with Gasteiger partial charge in [-0.15, -0.1) is 0 Å². The summed E-state index contributed by atoms with van der Waals surface area (Å²) < 4.78 is 0. The summed E-state index contributed by atoms with van der Waals surface area (Å²) >= 11 is 6.51. The summed E-state index contributed by atoms with van der Waals surface area (Å²) in [6, 6.07) is 23.4. The van der Waals surface area contributed by atoms with Gasteiger partial charge in [-0.25, -0.2) is 5.01 Å². The van der Waals surface area contributed by atoms with Crippen LogP contribution in [0.1, 0.15) is 29.8 Å². The van der Waals surface area contributed by atoms with Gasteiger partial charge in [-0.3, -0.25) is 19.8 Å². The molecule has 4 rings (SSSR count). The van der Waals surface area contributed by atoms with Gasteiger partial charge in [0.25, 0.3) is 11.6 Å². The van der Waals surface area contributed by atoms with Crippen LogP contribution < -0.4 is 0 Å². The molecule has 8 heteroatoms. The summed E-state index contributed by atoms with van der Waals surface area (Å²) in [6.07, 6.45) is -0.468. The lowest BCUT2D eigenvalue weighted by atomic mass is 10.1. The highest BCUT2D eigenvalue weighted by Crippen LogP contribution is 2.36. The van der Waals surface area contributed by atoms with E-state index in [1.807, 2.05) is 53.4 Å². The van der Waals surface area contributed by atoms with Gasteiger partial charge in [0.15, 0.2) is 0 Å². The summed E-state index contributed by atoms with van der Waals surface area (Å²) in [4.78, 5) is 25.5. The average molecular weight is 449 g/mol. The van der Waals surface area contributed by atoms with E-state index in [1.165, 1.54) is 17.1 Å². The van der Waals surface area contributed by atoms with Crippen molar-refractivity contribution in [3.05, 3.63) is 111 Å². The smallest absolute Gasteiger partial charge is 0.269 e. The summed E-state index contributed by atoms with van der Waals surface area (Å²) in [5, 5.41) is 17.6. The molecule has 0 unspecified atom stereocenters. The standard InChI is InChI=1S/C24H21ClN4O3/c1-17(19-11-13-20(14-12-19)29(31)32)26-28-23(30)16-27(15-18-7-3-2-4-8-18)24(28)21-9-5-6-10-22(21)25/h2-14,24H,15-16H2,1H3/b26-17-/t24-/m1/s1. The number of carbonyl (C=O) groups is 1. The Morgan fingerprint density at radius 1 is 1.06 bits per heavy atom. The second kappa shape index (κ2) is 9.30. The molecule has 7 nitrogen and oxygen atoms in total. The van der Waals surface area contributed by atoms with Crippen molar-refractivity contribution in [2.24, 2.45) is 5.10 Å². The summed E-state index contributed by atoms with van der Waals surface area (Å²) in [5.74, 6) is -0.146. The number of nitro groups is 1. The zero-order valence-electron chi connectivity index (χ0n) is 17.4. The van der Waals surface area contributed by atoms with E-state index in [1.54, 1.807) is 25.1 Å². The Kier molecular flexibility index (Phi) is 6.30. The molecule has 1 aliphatic rings. The van der Waals surface area contributed by atoms with E-state index in [0.29, 0.717) is 22.8 Å².